The Morgan fingerprint density at radius 3 is 2.48 bits per heavy atom. The summed E-state index contributed by atoms with van der Waals surface area (Å²) in [4.78, 5) is 11.6. The lowest BCUT2D eigenvalue weighted by molar-refractivity contribution is -0.138. The molecule has 2 aromatic carbocycles. The fourth-order valence-corrected chi connectivity index (χ4v) is 1.85. The normalized spacial score (nSPS) is 11.0. The van der Waals surface area contributed by atoms with Gasteiger partial charge in [-0.25, -0.2) is 4.79 Å². The van der Waals surface area contributed by atoms with E-state index < -0.39 is 0 Å². The van der Waals surface area contributed by atoms with Gasteiger partial charge in [0.2, 0.25) is 0 Å². The first-order chi connectivity index (χ1) is 10.2. The predicted molar refractivity (Wildman–Crippen MR) is 83.2 cm³/mol. The van der Waals surface area contributed by atoms with Crippen LogP contribution in [0.5, 0.6) is 11.5 Å². The van der Waals surface area contributed by atoms with Crippen molar-refractivity contribution in [1.82, 2.24) is 0 Å². The topological polar surface area (TPSA) is 35.5 Å². The second-order valence-corrected chi connectivity index (χ2v) is 4.54. The molecule has 0 aliphatic heterocycles. The molecule has 0 spiro atoms. The minimum atomic E-state index is -0.299. The van der Waals surface area contributed by atoms with Crippen LogP contribution < -0.4 is 4.74 Å². The van der Waals surface area contributed by atoms with Crippen molar-refractivity contribution in [1.29, 1.82) is 0 Å². The maximum Gasteiger partial charge on any atom is 0.333 e. The number of carbonyl (C=O) groups is 1. The summed E-state index contributed by atoms with van der Waals surface area (Å²) in [6.07, 6.45) is 1.79. The van der Waals surface area contributed by atoms with Crippen LogP contribution in [0.1, 0.15) is 19.4 Å². The Bertz CT molecular complexity index is 630. The molecule has 0 heterocycles. The van der Waals surface area contributed by atoms with E-state index in [4.69, 9.17) is 9.47 Å². The van der Waals surface area contributed by atoms with E-state index >= 15 is 0 Å². The van der Waals surface area contributed by atoms with Crippen LogP contribution in [0.3, 0.4) is 0 Å². The van der Waals surface area contributed by atoms with Crippen LogP contribution in [0, 0.1) is 0 Å². The first-order valence-corrected chi connectivity index (χ1v) is 6.87. The lowest BCUT2D eigenvalue weighted by atomic mass is 10.1. The molecule has 2 rings (SSSR count). The summed E-state index contributed by atoms with van der Waals surface area (Å²) >= 11 is 0. The average Bonchev–Trinajstić information content (AvgIpc) is 2.49. The minimum absolute atomic E-state index is 0.299. The van der Waals surface area contributed by atoms with Crippen molar-refractivity contribution in [3.05, 3.63) is 65.7 Å². The minimum Gasteiger partial charge on any atom is -0.463 e. The molecular formula is C18H18O3. The molecule has 0 unspecified atom stereocenters. The second-order valence-electron chi connectivity index (χ2n) is 4.54. The van der Waals surface area contributed by atoms with E-state index in [-0.39, 0.29) is 5.97 Å². The zero-order valence-electron chi connectivity index (χ0n) is 12.2. The smallest absolute Gasteiger partial charge is 0.333 e. The van der Waals surface area contributed by atoms with Crippen molar-refractivity contribution >= 4 is 12.0 Å². The molecule has 0 saturated carbocycles. The Balaban J connectivity index is 2.14. The Morgan fingerprint density at radius 2 is 1.76 bits per heavy atom. The van der Waals surface area contributed by atoms with Crippen molar-refractivity contribution in [2.24, 2.45) is 0 Å². The lowest BCUT2D eigenvalue weighted by Gasteiger charge is -2.06. The van der Waals surface area contributed by atoms with E-state index in [0.29, 0.717) is 12.2 Å². The lowest BCUT2D eigenvalue weighted by Crippen LogP contribution is -2.04. The molecule has 0 aliphatic carbocycles. The van der Waals surface area contributed by atoms with Crippen molar-refractivity contribution < 1.29 is 14.3 Å². The first kappa shape index (κ1) is 14.9. The van der Waals surface area contributed by atoms with Gasteiger partial charge < -0.3 is 9.47 Å². The van der Waals surface area contributed by atoms with E-state index in [1.807, 2.05) is 54.6 Å². The summed E-state index contributed by atoms with van der Waals surface area (Å²) in [6.45, 7) is 3.91. The number of ether oxygens (including phenoxy) is 2. The Labute approximate surface area is 124 Å². The Kier molecular flexibility index (Phi) is 5.16. The summed E-state index contributed by atoms with van der Waals surface area (Å²) in [5, 5.41) is 0. The van der Waals surface area contributed by atoms with Crippen LogP contribution >= 0.6 is 0 Å². The van der Waals surface area contributed by atoms with Gasteiger partial charge in [-0.2, -0.15) is 0 Å². The maximum atomic E-state index is 11.6. The molecule has 108 valence electrons. The van der Waals surface area contributed by atoms with Gasteiger partial charge in [-0.05, 0) is 49.8 Å². The predicted octanol–water partition coefficient (Wildman–Crippen LogP) is 4.45. The van der Waals surface area contributed by atoms with Gasteiger partial charge in [0.05, 0.1) is 6.61 Å². The second kappa shape index (κ2) is 7.29. The first-order valence-electron chi connectivity index (χ1n) is 6.87. The highest BCUT2D eigenvalue weighted by molar-refractivity contribution is 5.93. The Hall–Kier alpha value is -2.55. The number of benzene rings is 2. The SMILES string of the molecule is CCOC(=O)C(C)=Cc1cccc(Oc2ccccc2)c1. The number of hydrogen-bond acceptors (Lipinski definition) is 3. The third-order valence-corrected chi connectivity index (χ3v) is 2.82. The van der Waals surface area contributed by atoms with Gasteiger partial charge in [0, 0.05) is 5.57 Å². The highest BCUT2D eigenvalue weighted by Crippen LogP contribution is 2.22. The molecule has 0 amide bonds. The largest absolute Gasteiger partial charge is 0.463 e. The molecule has 21 heavy (non-hydrogen) atoms. The quantitative estimate of drug-likeness (QED) is 0.600. The molecular weight excluding hydrogens is 264 g/mol. The molecule has 0 bridgehead atoms. The molecule has 3 heteroatoms. The van der Waals surface area contributed by atoms with Crippen molar-refractivity contribution in [3.8, 4) is 11.5 Å². The van der Waals surface area contributed by atoms with Gasteiger partial charge in [-0.3, -0.25) is 0 Å². The van der Waals surface area contributed by atoms with Gasteiger partial charge in [0.15, 0.2) is 0 Å². The molecule has 0 aliphatic rings. The monoisotopic (exact) mass is 282 g/mol. The van der Waals surface area contributed by atoms with Crippen LogP contribution in [-0.4, -0.2) is 12.6 Å². The standard InChI is InChI=1S/C18H18O3/c1-3-20-18(19)14(2)12-15-8-7-11-17(13-15)21-16-9-5-4-6-10-16/h4-13H,3H2,1-2H3. The highest BCUT2D eigenvalue weighted by atomic mass is 16.5. The van der Waals surface area contributed by atoms with Crippen LogP contribution in [0.25, 0.3) is 6.08 Å². The summed E-state index contributed by atoms with van der Waals surface area (Å²) in [5.41, 5.74) is 1.46. The summed E-state index contributed by atoms with van der Waals surface area (Å²) < 4.78 is 10.7. The molecule has 0 atom stereocenters. The summed E-state index contributed by atoms with van der Waals surface area (Å²) in [6, 6.07) is 17.1. The molecule has 0 aromatic heterocycles. The fraction of sp³-hybridized carbons (Fsp3) is 0.167. The molecule has 3 nitrogen and oxygen atoms in total. The number of para-hydroxylation sites is 1. The average molecular weight is 282 g/mol. The van der Waals surface area contributed by atoms with Crippen LogP contribution in [0.15, 0.2) is 60.2 Å². The molecule has 0 fully saturated rings. The van der Waals surface area contributed by atoms with Gasteiger partial charge in [-0.15, -0.1) is 0 Å². The van der Waals surface area contributed by atoms with E-state index in [2.05, 4.69) is 0 Å². The maximum absolute atomic E-state index is 11.6. The molecule has 2 aromatic rings. The van der Waals surface area contributed by atoms with Gasteiger partial charge >= 0.3 is 5.97 Å². The van der Waals surface area contributed by atoms with E-state index in [0.717, 1.165) is 17.1 Å². The highest BCUT2D eigenvalue weighted by Gasteiger charge is 2.05. The van der Waals surface area contributed by atoms with Gasteiger partial charge in [0.25, 0.3) is 0 Å². The molecule has 0 radical (unpaired) electrons. The number of esters is 1. The summed E-state index contributed by atoms with van der Waals surface area (Å²) in [7, 11) is 0. The third kappa shape index (κ3) is 4.49. The zero-order chi connectivity index (χ0) is 15.1. The molecule has 0 saturated heterocycles. The van der Waals surface area contributed by atoms with Crippen molar-refractivity contribution in [2.75, 3.05) is 6.61 Å². The van der Waals surface area contributed by atoms with Crippen molar-refractivity contribution in [2.45, 2.75) is 13.8 Å². The van der Waals surface area contributed by atoms with Crippen molar-refractivity contribution in [3.63, 3.8) is 0 Å². The third-order valence-electron chi connectivity index (χ3n) is 2.82. The molecule has 0 N–H and O–H groups in total. The van der Waals surface area contributed by atoms with E-state index in [1.54, 1.807) is 19.9 Å². The zero-order valence-corrected chi connectivity index (χ0v) is 12.2. The number of hydrogen-bond donors (Lipinski definition) is 0. The van der Waals surface area contributed by atoms with Crippen LogP contribution in [0.4, 0.5) is 0 Å². The number of carbonyl (C=O) groups excluding carboxylic acids is 1. The van der Waals surface area contributed by atoms with E-state index in [1.165, 1.54) is 0 Å². The number of rotatable bonds is 5. The van der Waals surface area contributed by atoms with E-state index in [9.17, 15) is 4.79 Å². The van der Waals surface area contributed by atoms with Gasteiger partial charge in [-0.1, -0.05) is 30.3 Å². The van der Waals surface area contributed by atoms with Crippen LogP contribution in [0.2, 0.25) is 0 Å². The Morgan fingerprint density at radius 1 is 1.05 bits per heavy atom. The fourth-order valence-electron chi connectivity index (χ4n) is 1.85. The van der Waals surface area contributed by atoms with Crippen LogP contribution in [-0.2, 0) is 9.53 Å². The summed E-state index contributed by atoms with van der Waals surface area (Å²) in [5.74, 6) is 1.21. The van der Waals surface area contributed by atoms with Gasteiger partial charge in [0.1, 0.15) is 11.5 Å².